The van der Waals surface area contributed by atoms with Gasteiger partial charge in [0.15, 0.2) is 0 Å². The zero-order valence-corrected chi connectivity index (χ0v) is 46.2. The minimum Gasteiger partial charge on any atom is -0.338 e. The van der Waals surface area contributed by atoms with Gasteiger partial charge < -0.3 is 14.7 Å². The van der Waals surface area contributed by atoms with E-state index in [2.05, 4.69) is 304 Å². The van der Waals surface area contributed by atoms with Gasteiger partial charge in [-0.3, -0.25) is 9.97 Å². The molecule has 0 saturated carbocycles. The topological polar surface area (TPSA) is 35.5 Å². The molecule has 5 nitrogen and oxygen atoms in total. The standard InChI is InChI=1S/C78H56BN5/c1-7-23-55(24-8-1)66-37-19-38-67(56-25-9-2-10-26-56)70(66)53-82-74-43-41-59(61-31-21-45-80-51-61)47-72(74)79-73-48-60(62-32-22-46-81-52-62)42-44-75(73)83(54-71-68(57-27-11-3-12-28-57)39-20-40-69(71)58-29-13-4-14-30-58)77-50-65(49-76(82)78(77)79)84(63-33-15-5-16-34-63)64-35-17-6-18-36-64/h1-52H,53-54H2. The molecule has 0 amide bonds. The number of pyridine rings is 2. The van der Waals surface area contributed by atoms with Crippen molar-refractivity contribution in [3.63, 3.8) is 0 Å². The van der Waals surface area contributed by atoms with Gasteiger partial charge >= 0.3 is 0 Å². The van der Waals surface area contributed by atoms with Crippen LogP contribution in [0.25, 0.3) is 66.8 Å². The summed E-state index contributed by atoms with van der Waals surface area (Å²) in [5, 5.41) is 0. The molecular formula is C78H56BN5. The first kappa shape index (κ1) is 50.2. The minimum absolute atomic E-state index is 0.187. The number of para-hydroxylation sites is 2. The van der Waals surface area contributed by atoms with Crippen LogP contribution in [0.3, 0.4) is 0 Å². The molecule has 0 aliphatic carbocycles. The highest BCUT2D eigenvalue weighted by molar-refractivity contribution is 7.00. The van der Waals surface area contributed by atoms with Crippen molar-refractivity contribution in [3.05, 3.63) is 327 Å². The molecule has 4 heterocycles. The highest BCUT2D eigenvalue weighted by Gasteiger charge is 2.44. The summed E-state index contributed by atoms with van der Waals surface area (Å²) < 4.78 is 0. The van der Waals surface area contributed by atoms with Gasteiger partial charge in [0.1, 0.15) is 0 Å². The van der Waals surface area contributed by atoms with Crippen LogP contribution in [0, 0.1) is 0 Å². The SMILES string of the molecule is c1ccc(-c2cccc(-c3ccccc3)c2CN2c3ccc(-c4cccnc4)cc3B3c4cc(-c5cccnc5)ccc4N(Cc4c(-c5ccccc5)cccc4-c4ccccc4)c4cc(N(c5ccccc5)c5ccccc5)cc2c43)cc1. The molecule has 2 aliphatic heterocycles. The predicted octanol–water partition coefficient (Wildman–Crippen LogP) is 17.8. The molecule has 15 rings (SSSR count). The third-order valence-electron chi connectivity index (χ3n) is 16.9. The fourth-order valence-electron chi connectivity index (χ4n) is 13.0. The molecule has 0 spiro atoms. The number of benzene rings is 11. The lowest BCUT2D eigenvalue weighted by molar-refractivity contribution is 0.964. The first-order chi connectivity index (χ1) is 41.7. The Kier molecular flexibility index (Phi) is 13.1. The zero-order chi connectivity index (χ0) is 55.8. The summed E-state index contributed by atoms with van der Waals surface area (Å²) in [6.45, 7) is 0.962. The molecule has 2 aromatic heterocycles. The van der Waals surface area contributed by atoms with Crippen LogP contribution in [0.5, 0.6) is 0 Å². The van der Waals surface area contributed by atoms with E-state index in [1.807, 2.05) is 36.9 Å². The number of fused-ring (bicyclic) bond motifs is 4. The molecule has 0 bridgehead atoms. The smallest absolute Gasteiger partial charge is 0.252 e. The number of rotatable bonds is 13. The number of anilines is 7. The fraction of sp³-hybridized carbons (Fsp3) is 0.0256. The molecule has 84 heavy (non-hydrogen) atoms. The van der Waals surface area contributed by atoms with E-state index in [0.29, 0.717) is 13.1 Å². The molecule has 6 heteroatoms. The Morgan fingerprint density at radius 1 is 0.286 bits per heavy atom. The second-order valence-electron chi connectivity index (χ2n) is 21.7. The van der Waals surface area contributed by atoms with E-state index in [1.54, 1.807) is 0 Å². The summed E-state index contributed by atoms with van der Waals surface area (Å²) in [7, 11) is 0. The highest BCUT2D eigenvalue weighted by atomic mass is 15.2. The molecular weight excluding hydrogens is 1020 g/mol. The monoisotopic (exact) mass is 1070 g/mol. The van der Waals surface area contributed by atoms with Crippen LogP contribution in [0.2, 0.25) is 0 Å². The van der Waals surface area contributed by atoms with Crippen molar-refractivity contribution in [2.75, 3.05) is 14.7 Å². The first-order valence-corrected chi connectivity index (χ1v) is 28.9. The molecule has 0 fully saturated rings. The average Bonchev–Trinajstić information content (AvgIpc) is 1.28. The van der Waals surface area contributed by atoms with E-state index in [0.717, 1.165) is 62.1 Å². The van der Waals surface area contributed by atoms with E-state index in [9.17, 15) is 0 Å². The van der Waals surface area contributed by atoms with Crippen molar-refractivity contribution in [3.8, 4) is 66.8 Å². The first-order valence-electron chi connectivity index (χ1n) is 28.9. The Labute approximate surface area is 491 Å². The molecule has 0 unspecified atom stereocenters. The Balaban J connectivity index is 1.06. The highest BCUT2D eigenvalue weighted by Crippen LogP contribution is 2.48. The number of aromatic nitrogens is 2. The van der Waals surface area contributed by atoms with Gasteiger partial charge in [0.25, 0.3) is 6.71 Å². The van der Waals surface area contributed by atoms with Crippen LogP contribution in [-0.2, 0) is 13.1 Å². The van der Waals surface area contributed by atoms with Crippen molar-refractivity contribution >= 4 is 62.9 Å². The van der Waals surface area contributed by atoms with Crippen LogP contribution in [-0.4, -0.2) is 16.7 Å². The molecule has 0 atom stereocenters. The molecule has 0 saturated heterocycles. The fourth-order valence-corrected chi connectivity index (χ4v) is 13.0. The maximum atomic E-state index is 4.66. The van der Waals surface area contributed by atoms with Crippen LogP contribution in [0.4, 0.5) is 39.8 Å². The van der Waals surface area contributed by atoms with Gasteiger partial charge in [0.05, 0.1) is 5.69 Å². The normalized spacial score (nSPS) is 12.1. The van der Waals surface area contributed by atoms with Crippen LogP contribution < -0.4 is 31.1 Å². The maximum absolute atomic E-state index is 4.66. The lowest BCUT2D eigenvalue weighted by atomic mass is 9.33. The van der Waals surface area contributed by atoms with E-state index in [4.69, 9.17) is 0 Å². The van der Waals surface area contributed by atoms with E-state index in [-0.39, 0.29) is 6.71 Å². The zero-order valence-electron chi connectivity index (χ0n) is 46.2. The van der Waals surface area contributed by atoms with Crippen LogP contribution in [0.1, 0.15) is 11.1 Å². The van der Waals surface area contributed by atoms with E-state index in [1.165, 1.54) is 72.0 Å². The largest absolute Gasteiger partial charge is 0.338 e. The van der Waals surface area contributed by atoms with Crippen molar-refractivity contribution in [1.29, 1.82) is 0 Å². The number of hydrogen-bond acceptors (Lipinski definition) is 5. The molecule has 396 valence electrons. The lowest BCUT2D eigenvalue weighted by Gasteiger charge is -2.45. The number of nitrogens with zero attached hydrogens (tertiary/aromatic N) is 5. The van der Waals surface area contributed by atoms with Gasteiger partial charge in [0.2, 0.25) is 0 Å². The maximum Gasteiger partial charge on any atom is 0.252 e. The van der Waals surface area contributed by atoms with Gasteiger partial charge in [-0.1, -0.05) is 231 Å². The molecule has 11 aromatic carbocycles. The van der Waals surface area contributed by atoms with Crippen molar-refractivity contribution in [2.45, 2.75) is 13.1 Å². The van der Waals surface area contributed by atoms with E-state index < -0.39 is 0 Å². The summed E-state index contributed by atoms with van der Waals surface area (Å²) in [5.74, 6) is 0. The summed E-state index contributed by atoms with van der Waals surface area (Å²) in [4.78, 5) is 17.0. The third-order valence-corrected chi connectivity index (χ3v) is 16.9. The third kappa shape index (κ3) is 9.20. The molecule has 13 aromatic rings. The Morgan fingerprint density at radius 3 is 0.976 bits per heavy atom. The summed E-state index contributed by atoms with van der Waals surface area (Å²) in [6.07, 6.45) is 7.70. The van der Waals surface area contributed by atoms with Gasteiger partial charge in [0, 0.05) is 72.0 Å². The predicted molar refractivity (Wildman–Crippen MR) is 351 cm³/mol. The Morgan fingerprint density at radius 2 is 0.631 bits per heavy atom. The minimum atomic E-state index is -0.187. The number of hydrogen-bond donors (Lipinski definition) is 0. The van der Waals surface area contributed by atoms with Crippen molar-refractivity contribution in [2.24, 2.45) is 0 Å². The second kappa shape index (κ2) is 21.9. The summed E-state index contributed by atoms with van der Waals surface area (Å²) in [6, 6.07) is 107. The second-order valence-corrected chi connectivity index (χ2v) is 21.7. The van der Waals surface area contributed by atoms with Gasteiger partial charge in [-0.05, 0) is 155 Å². The average molecular weight is 1070 g/mol. The van der Waals surface area contributed by atoms with Gasteiger partial charge in [-0.2, -0.15) is 0 Å². The lowest BCUT2D eigenvalue weighted by Crippen LogP contribution is -2.62. The summed E-state index contributed by atoms with van der Waals surface area (Å²) >= 11 is 0. The van der Waals surface area contributed by atoms with Gasteiger partial charge in [-0.15, -0.1) is 0 Å². The quantitative estimate of drug-likeness (QED) is 0.108. The van der Waals surface area contributed by atoms with Crippen LogP contribution in [0.15, 0.2) is 316 Å². The van der Waals surface area contributed by atoms with Gasteiger partial charge in [-0.25, -0.2) is 0 Å². The molecule has 0 N–H and O–H groups in total. The Hall–Kier alpha value is -10.8. The van der Waals surface area contributed by atoms with Crippen LogP contribution >= 0.6 is 0 Å². The van der Waals surface area contributed by atoms with Crippen molar-refractivity contribution < 1.29 is 0 Å². The van der Waals surface area contributed by atoms with E-state index >= 15 is 0 Å². The summed E-state index contributed by atoms with van der Waals surface area (Å²) in [5.41, 5.74) is 27.9. The Bertz CT molecular complexity index is 4070. The molecule has 0 radical (unpaired) electrons. The molecule has 2 aliphatic rings. The van der Waals surface area contributed by atoms with Crippen molar-refractivity contribution in [1.82, 2.24) is 9.97 Å².